The smallest absolute Gasteiger partial charge is 0.328 e. The zero-order chi connectivity index (χ0) is 13.8. The summed E-state index contributed by atoms with van der Waals surface area (Å²) in [4.78, 5) is 11.8. The molecule has 1 aromatic rings. The van der Waals surface area contributed by atoms with Crippen molar-refractivity contribution in [2.24, 2.45) is 5.92 Å². The number of carbonyl (C=O) groups excluding carboxylic acids is 1. The van der Waals surface area contributed by atoms with Crippen molar-refractivity contribution >= 4 is 11.7 Å². The Morgan fingerprint density at radius 3 is 2.16 bits per heavy atom. The SMILES string of the molecule is COC(=O)C(Nc1cc(OC)cc(OC)c1)C1CC1. The number of benzene rings is 1. The Hall–Kier alpha value is -1.91. The van der Waals surface area contributed by atoms with Gasteiger partial charge in [-0.3, -0.25) is 0 Å². The molecule has 0 bridgehead atoms. The van der Waals surface area contributed by atoms with E-state index in [0.29, 0.717) is 17.4 Å². The normalized spacial score (nSPS) is 15.5. The topological polar surface area (TPSA) is 56.8 Å². The molecule has 0 aromatic heterocycles. The van der Waals surface area contributed by atoms with Crippen LogP contribution in [0.1, 0.15) is 12.8 Å². The molecular weight excluding hydrogens is 246 g/mol. The van der Waals surface area contributed by atoms with E-state index in [9.17, 15) is 4.79 Å². The Morgan fingerprint density at radius 1 is 1.16 bits per heavy atom. The van der Waals surface area contributed by atoms with Crippen molar-refractivity contribution < 1.29 is 19.0 Å². The van der Waals surface area contributed by atoms with Gasteiger partial charge in [0.05, 0.1) is 21.3 Å². The van der Waals surface area contributed by atoms with E-state index in [1.54, 1.807) is 20.3 Å². The van der Waals surface area contributed by atoms with E-state index in [-0.39, 0.29) is 12.0 Å². The summed E-state index contributed by atoms with van der Waals surface area (Å²) in [5, 5.41) is 3.21. The van der Waals surface area contributed by atoms with Crippen molar-refractivity contribution in [1.82, 2.24) is 0 Å². The number of ether oxygens (including phenoxy) is 3. The summed E-state index contributed by atoms with van der Waals surface area (Å²) < 4.78 is 15.2. The largest absolute Gasteiger partial charge is 0.497 e. The van der Waals surface area contributed by atoms with Gasteiger partial charge in [0.1, 0.15) is 17.5 Å². The molecule has 5 nitrogen and oxygen atoms in total. The highest BCUT2D eigenvalue weighted by molar-refractivity contribution is 5.80. The quantitative estimate of drug-likeness (QED) is 0.798. The van der Waals surface area contributed by atoms with Crippen molar-refractivity contribution in [1.29, 1.82) is 0 Å². The lowest BCUT2D eigenvalue weighted by Gasteiger charge is -2.18. The molecule has 1 N–H and O–H groups in total. The first-order chi connectivity index (χ1) is 9.17. The van der Waals surface area contributed by atoms with Gasteiger partial charge in [-0.1, -0.05) is 0 Å². The van der Waals surface area contributed by atoms with Crippen molar-refractivity contribution in [3.8, 4) is 11.5 Å². The highest BCUT2D eigenvalue weighted by Gasteiger charge is 2.37. The monoisotopic (exact) mass is 265 g/mol. The molecule has 0 amide bonds. The van der Waals surface area contributed by atoms with Crippen LogP contribution in [0.3, 0.4) is 0 Å². The van der Waals surface area contributed by atoms with Crippen LogP contribution in [-0.2, 0) is 9.53 Å². The Balaban J connectivity index is 2.18. The van der Waals surface area contributed by atoms with Gasteiger partial charge in [0.15, 0.2) is 0 Å². The fourth-order valence-electron chi connectivity index (χ4n) is 2.00. The molecule has 0 heterocycles. The minimum Gasteiger partial charge on any atom is -0.497 e. The van der Waals surface area contributed by atoms with Crippen LogP contribution >= 0.6 is 0 Å². The minimum absolute atomic E-state index is 0.232. The molecule has 0 radical (unpaired) electrons. The average molecular weight is 265 g/mol. The Morgan fingerprint density at radius 2 is 1.74 bits per heavy atom. The number of hydrogen-bond acceptors (Lipinski definition) is 5. The van der Waals surface area contributed by atoms with Crippen LogP contribution in [0.5, 0.6) is 11.5 Å². The van der Waals surface area contributed by atoms with E-state index in [1.807, 2.05) is 12.1 Å². The number of methoxy groups -OCH3 is 3. The molecule has 1 saturated carbocycles. The average Bonchev–Trinajstić information content (AvgIpc) is 3.27. The third-order valence-electron chi connectivity index (χ3n) is 3.22. The summed E-state index contributed by atoms with van der Waals surface area (Å²) in [6, 6.07) is 5.15. The first-order valence-corrected chi connectivity index (χ1v) is 6.25. The first-order valence-electron chi connectivity index (χ1n) is 6.25. The summed E-state index contributed by atoms with van der Waals surface area (Å²) in [6.45, 7) is 0. The highest BCUT2D eigenvalue weighted by Crippen LogP contribution is 2.36. The number of hydrogen-bond donors (Lipinski definition) is 1. The maximum absolute atomic E-state index is 11.8. The zero-order valence-electron chi connectivity index (χ0n) is 11.4. The van der Waals surface area contributed by atoms with Gasteiger partial charge >= 0.3 is 5.97 Å². The van der Waals surface area contributed by atoms with E-state index < -0.39 is 0 Å². The van der Waals surface area contributed by atoms with Gasteiger partial charge in [0, 0.05) is 23.9 Å². The van der Waals surface area contributed by atoms with Gasteiger partial charge in [0.25, 0.3) is 0 Å². The first kappa shape index (κ1) is 13.5. The molecule has 0 spiro atoms. The molecule has 1 fully saturated rings. The Kier molecular flexibility index (Phi) is 4.14. The molecule has 1 aromatic carbocycles. The molecule has 1 atom stereocenters. The van der Waals surface area contributed by atoms with Gasteiger partial charge in [-0.05, 0) is 18.8 Å². The zero-order valence-corrected chi connectivity index (χ0v) is 11.4. The van der Waals surface area contributed by atoms with Crippen LogP contribution in [0.15, 0.2) is 18.2 Å². The Bertz CT molecular complexity index is 435. The van der Waals surface area contributed by atoms with Crippen molar-refractivity contribution in [2.75, 3.05) is 26.6 Å². The molecule has 2 rings (SSSR count). The summed E-state index contributed by atoms with van der Waals surface area (Å²) in [7, 11) is 4.60. The van der Waals surface area contributed by atoms with Crippen molar-refractivity contribution in [2.45, 2.75) is 18.9 Å². The van der Waals surface area contributed by atoms with Crippen LogP contribution < -0.4 is 14.8 Å². The summed E-state index contributed by atoms with van der Waals surface area (Å²) >= 11 is 0. The van der Waals surface area contributed by atoms with Crippen LogP contribution in [-0.4, -0.2) is 33.3 Å². The second-order valence-electron chi connectivity index (χ2n) is 4.58. The van der Waals surface area contributed by atoms with E-state index in [1.165, 1.54) is 7.11 Å². The van der Waals surface area contributed by atoms with Gasteiger partial charge in [0.2, 0.25) is 0 Å². The summed E-state index contributed by atoms with van der Waals surface area (Å²) in [5.41, 5.74) is 0.790. The maximum atomic E-state index is 11.8. The number of carbonyl (C=O) groups is 1. The second-order valence-corrected chi connectivity index (χ2v) is 4.58. The third kappa shape index (κ3) is 3.30. The van der Waals surface area contributed by atoms with Gasteiger partial charge in [-0.2, -0.15) is 0 Å². The standard InChI is InChI=1S/C14H19NO4/c1-17-11-6-10(7-12(8-11)18-2)15-13(9-4-5-9)14(16)19-3/h6-9,13,15H,4-5H2,1-3H3. The molecule has 1 aliphatic rings. The molecule has 5 heteroatoms. The van der Waals surface area contributed by atoms with Gasteiger partial charge in [-0.25, -0.2) is 4.79 Å². The number of nitrogens with one attached hydrogen (secondary N) is 1. The van der Waals surface area contributed by atoms with Crippen LogP contribution in [0, 0.1) is 5.92 Å². The predicted molar refractivity (Wildman–Crippen MR) is 71.7 cm³/mol. The molecule has 104 valence electrons. The molecule has 0 saturated heterocycles. The number of esters is 1. The van der Waals surface area contributed by atoms with E-state index in [0.717, 1.165) is 18.5 Å². The Labute approximate surface area is 112 Å². The van der Waals surface area contributed by atoms with E-state index in [4.69, 9.17) is 14.2 Å². The second kappa shape index (κ2) is 5.82. The minimum atomic E-state index is -0.304. The molecular formula is C14H19NO4. The molecule has 0 aliphatic heterocycles. The summed E-state index contributed by atoms with van der Waals surface area (Å²) in [5.74, 6) is 1.48. The lowest BCUT2D eigenvalue weighted by atomic mass is 10.1. The molecule has 1 aliphatic carbocycles. The maximum Gasteiger partial charge on any atom is 0.328 e. The highest BCUT2D eigenvalue weighted by atomic mass is 16.5. The fourth-order valence-corrected chi connectivity index (χ4v) is 2.00. The molecule has 1 unspecified atom stereocenters. The van der Waals surface area contributed by atoms with E-state index >= 15 is 0 Å². The number of rotatable bonds is 6. The third-order valence-corrected chi connectivity index (χ3v) is 3.22. The summed E-state index contributed by atoms with van der Waals surface area (Å²) in [6.07, 6.45) is 2.10. The van der Waals surface area contributed by atoms with Crippen LogP contribution in [0.4, 0.5) is 5.69 Å². The van der Waals surface area contributed by atoms with Gasteiger partial charge in [-0.15, -0.1) is 0 Å². The lowest BCUT2D eigenvalue weighted by molar-refractivity contribution is -0.142. The number of anilines is 1. The predicted octanol–water partition coefficient (Wildman–Crippen LogP) is 2.07. The van der Waals surface area contributed by atoms with Gasteiger partial charge < -0.3 is 19.5 Å². The van der Waals surface area contributed by atoms with Crippen molar-refractivity contribution in [3.63, 3.8) is 0 Å². The molecule has 19 heavy (non-hydrogen) atoms. The van der Waals surface area contributed by atoms with E-state index in [2.05, 4.69) is 5.32 Å². The fraction of sp³-hybridized carbons (Fsp3) is 0.500. The van der Waals surface area contributed by atoms with Crippen molar-refractivity contribution in [3.05, 3.63) is 18.2 Å². The van der Waals surface area contributed by atoms with Crippen LogP contribution in [0.2, 0.25) is 0 Å². The van der Waals surface area contributed by atoms with Crippen LogP contribution in [0.25, 0.3) is 0 Å². The lowest BCUT2D eigenvalue weighted by Crippen LogP contribution is -2.32.